The van der Waals surface area contributed by atoms with Gasteiger partial charge in [0.05, 0.1) is 5.56 Å². The summed E-state index contributed by atoms with van der Waals surface area (Å²) < 4.78 is 0. The molecule has 1 atom stereocenters. The Kier molecular flexibility index (Phi) is 4.27. The van der Waals surface area contributed by atoms with Crippen molar-refractivity contribution in [2.45, 2.75) is 12.8 Å². The molecule has 1 aliphatic rings. The average molecular weight is 262 g/mol. The van der Waals surface area contributed by atoms with Gasteiger partial charge >= 0.3 is 0 Å². The minimum atomic E-state index is -0.120. The molecular formula is C14H22N4O. The molecule has 1 heterocycles. The Morgan fingerprint density at radius 3 is 2.95 bits per heavy atom. The first kappa shape index (κ1) is 13.7. The molecule has 2 rings (SSSR count). The van der Waals surface area contributed by atoms with Gasteiger partial charge in [-0.05, 0) is 50.6 Å². The third-order valence-corrected chi connectivity index (χ3v) is 3.59. The highest BCUT2D eigenvalue weighted by Crippen LogP contribution is 2.17. The quantitative estimate of drug-likeness (QED) is 0.707. The van der Waals surface area contributed by atoms with E-state index in [9.17, 15) is 4.79 Å². The minimum absolute atomic E-state index is 0.120. The number of nitrogens with two attached hydrogens (primary N) is 2. The van der Waals surface area contributed by atoms with E-state index in [1.54, 1.807) is 18.2 Å². The zero-order chi connectivity index (χ0) is 13.8. The van der Waals surface area contributed by atoms with Gasteiger partial charge in [-0.2, -0.15) is 0 Å². The van der Waals surface area contributed by atoms with Crippen LogP contribution in [0.3, 0.4) is 0 Å². The van der Waals surface area contributed by atoms with E-state index < -0.39 is 0 Å². The summed E-state index contributed by atoms with van der Waals surface area (Å²) in [5.74, 6) is 0.406. The van der Waals surface area contributed by atoms with Crippen LogP contribution in [-0.2, 0) is 0 Å². The van der Waals surface area contributed by atoms with E-state index in [1.807, 2.05) is 0 Å². The summed E-state index contributed by atoms with van der Waals surface area (Å²) in [4.78, 5) is 14.4. The molecule has 1 aromatic rings. The number of carbonyl (C=O) groups is 1. The van der Waals surface area contributed by atoms with Crippen LogP contribution in [0.25, 0.3) is 0 Å². The normalized spacial score (nSPS) is 20.2. The summed E-state index contributed by atoms with van der Waals surface area (Å²) >= 11 is 0. The van der Waals surface area contributed by atoms with Crippen LogP contribution in [0.15, 0.2) is 18.2 Å². The lowest BCUT2D eigenvalue weighted by Gasteiger charge is -2.29. The topological polar surface area (TPSA) is 84.4 Å². The maximum absolute atomic E-state index is 12.1. The van der Waals surface area contributed by atoms with E-state index in [1.165, 1.54) is 12.8 Å². The third-order valence-electron chi connectivity index (χ3n) is 3.59. The molecule has 1 aromatic carbocycles. The van der Waals surface area contributed by atoms with E-state index in [4.69, 9.17) is 11.5 Å². The van der Waals surface area contributed by atoms with Gasteiger partial charge in [-0.3, -0.25) is 4.79 Å². The fourth-order valence-electron chi connectivity index (χ4n) is 2.56. The molecule has 1 saturated heterocycles. The van der Waals surface area contributed by atoms with Crippen LogP contribution < -0.4 is 16.8 Å². The molecule has 1 amide bonds. The molecule has 1 fully saturated rings. The molecule has 0 radical (unpaired) electrons. The molecule has 0 spiro atoms. The van der Waals surface area contributed by atoms with E-state index >= 15 is 0 Å². The van der Waals surface area contributed by atoms with Gasteiger partial charge in [-0.25, -0.2) is 0 Å². The maximum Gasteiger partial charge on any atom is 0.253 e. The average Bonchev–Trinajstić information content (AvgIpc) is 2.36. The largest absolute Gasteiger partial charge is 0.399 e. The number of nitrogen functional groups attached to an aromatic ring is 2. The van der Waals surface area contributed by atoms with Crippen molar-refractivity contribution in [3.05, 3.63) is 23.8 Å². The van der Waals surface area contributed by atoms with Gasteiger partial charge in [0, 0.05) is 24.5 Å². The SMILES string of the molecule is CN1CCCC(CNC(=O)c2ccc(N)cc2N)C1. The molecule has 104 valence electrons. The second-order valence-electron chi connectivity index (χ2n) is 5.33. The first-order chi connectivity index (χ1) is 9.06. The van der Waals surface area contributed by atoms with Crippen molar-refractivity contribution >= 4 is 17.3 Å². The van der Waals surface area contributed by atoms with Gasteiger partial charge in [-0.15, -0.1) is 0 Å². The van der Waals surface area contributed by atoms with E-state index in [0.717, 1.165) is 13.1 Å². The molecule has 0 bridgehead atoms. The second kappa shape index (κ2) is 5.93. The Balaban J connectivity index is 1.90. The number of piperidine rings is 1. The van der Waals surface area contributed by atoms with Crippen LogP contribution in [0, 0.1) is 5.92 Å². The van der Waals surface area contributed by atoms with Crippen molar-refractivity contribution in [1.82, 2.24) is 10.2 Å². The number of likely N-dealkylation sites (tertiary alicyclic amines) is 1. The van der Waals surface area contributed by atoms with Crippen LogP contribution in [0.1, 0.15) is 23.2 Å². The molecule has 1 unspecified atom stereocenters. The number of nitrogens with one attached hydrogen (secondary N) is 1. The van der Waals surface area contributed by atoms with Crippen LogP contribution in [0.5, 0.6) is 0 Å². The summed E-state index contributed by atoms with van der Waals surface area (Å²) in [7, 11) is 2.12. The Morgan fingerprint density at radius 1 is 1.47 bits per heavy atom. The van der Waals surface area contributed by atoms with Gasteiger partial charge in [0.2, 0.25) is 0 Å². The van der Waals surface area contributed by atoms with E-state index in [-0.39, 0.29) is 5.91 Å². The van der Waals surface area contributed by atoms with Gasteiger partial charge in [0.1, 0.15) is 0 Å². The molecular weight excluding hydrogens is 240 g/mol. The highest BCUT2D eigenvalue weighted by atomic mass is 16.1. The van der Waals surface area contributed by atoms with Crippen LogP contribution >= 0.6 is 0 Å². The summed E-state index contributed by atoms with van der Waals surface area (Å²) in [6, 6.07) is 4.98. The van der Waals surface area contributed by atoms with Crippen molar-refractivity contribution in [2.24, 2.45) is 5.92 Å². The molecule has 5 heteroatoms. The summed E-state index contributed by atoms with van der Waals surface area (Å²) in [6.45, 7) is 2.89. The lowest BCUT2D eigenvalue weighted by molar-refractivity contribution is 0.0937. The number of rotatable bonds is 3. The lowest BCUT2D eigenvalue weighted by Crippen LogP contribution is -2.39. The summed E-state index contributed by atoms with van der Waals surface area (Å²) in [5.41, 5.74) is 12.9. The van der Waals surface area contributed by atoms with Gasteiger partial charge in [0.25, 0.3) is 5.91 Å². The Morgan fingerprint density at radius 2 is 2.26 bits per heavy atom. The van der Waals surface area contributed by atoms with Crippen LogP contribution in [-0.4, -0.2) is 37.5 Å². The third kappa shape index (κ3) is 3.61. The van der Waals surface area contributed by atoms with Crippen molar-refractivity contribution in [1.29, 1.82) is 0 Å². The maximum atomic E-state index is 12.1. The Hall–Kier alpha value is -1.75. The van der Waals surface area contributed by atoms with Crippen LogP contribution in [0.4, 0.5) is 11.4 Å². The number of carbonyl (C=O) groups excluding carboxylic acids is 1. The van der Waals surface area contributed by atoms with E-state index in [2.05, 4.69) is 17.3 Å². The number of hydrogen-bond acceptors (Lipinski definition) is 4. The highest BCUT2D eigenvalue weighted by molar-refractivity contribution is 5.99. The molecule has 0 saturated carbocycles. The summed E-state index contributed by atoms with van der Waals surface area (Å²) in [5, 5.41) is 2.96. The Labute approximate surface area is 113 Å². The highest BCUT2D eigenvalue weighted by Gasteiger charge is 2.18. The van der Waals surface area contributed by atoms with Gasteiger partial charge < -0.3 is 21.7 Å². The predicted octanol–water partition coefficient (Wildman–Crippen LogP) is 0.923. The number of hydrogen-bond donors (Lipinski definition) is 3. The van der Waals surface area contributed by atoms with Crippen molar-refractivity contribution in [3.63, 3.8) is 0 Å². The fraction of sp³-hybridized carbons (Fsp3) is 0.500. The lowest BCUT2D eigenvalue weighted by atomic mass is 9.98. The smallest absolute Gasteiger partial charge is 0.253 e. The number of amides is 1. The van der Waals surface area contributed by atoms with Gasteiger partial charge in [0.15, 0.2) is 0 Å². The predicted molar refractivity (Wildman–Crippen MR) is 77.8 cm³/mol. The number of nitrogens with zero attached hydrogens (tertiary/aromatic N) is 1. The first-order valence-electron chi connectivity index (χ1n) is 6.68. The monoisotopic (exact) mass is 262 g/mol. The molecule has 1 aliphatic heterocycles. The summed E-state index contributed by atoms with van der Waals surface area (Å²) in [6.07, 6.45) is 2.36. The molecule has 0 aliphatic carbocycles. The van der Waals surface area contributed by atoms with Crippen molar-refractivity contribution in [3.8, 4) is 0 Å². The molecule has 19 heavy (non-hydrogen) atoms. The minimum Gasteiger partial charge on any atom is -0.399 e. The van der Waals surface area contributed by atoms with E-state index in [0.29, 0.717) is 29.4 Å². The second-order valence-corrected chi connectivity index (χ2v) is 5.33. The number of benzene rings is 1. The Bertz CT molecular complexity index is 461. The van der Waals surface area contributed by atoms with Crippen LogP contribution in [0.2, 0.25) is 0 Å². The molecule has 0 aromatic heterocycles. The van der Waals surface area contributed by atoms with Crippen molar-refractivity contribution in [2.75, 3.05) is 38.1 Å². The zero-order valence-electron chi connectivity index (χ0n) is 11.4. The number of anilines is 2. The molecule has 5 N–H and O–H groups in total. The standard InChI is InChI=1S/C14H22N4O/c1-18-6-2-3-10(9-18)8-17-14(19)12-5-4-11(15)7-13(12)16/h4-5,7,10H,2-3,6,8-9,15-16H2,1H3,(H,17,19). The van der Waals surface area contributed by atoms with Gasteiger partial charge in [-0.1, -0.05) is 0 Å². The molecule has 5 nitrogen and oxygen atoms in total. The van der Waals surface area contributed by atoms with Crippen molar-refractivity contribution < 1.29 is 4.79 Å². The zero-order valence-corrected chi connectivity index (χ0v) is 11.4. The first-order valence-corrected chi connectivity index (χ1v) is 6.68. The fourth-order valence-corrected chi connectivity index (χ4v) is 2.56.